The molecule has 0 aliphatic carbocycles. The molecular weight excluding hydrogens is 241 g/mol. The summed E-state index contributed by atoms with van der Waals surface area (Å²) >= 11 is 0. The molecule has 2 nitrogen and oxygen atoms in total. The highest BCUT2D eigenvalue weighted by Crippen LogP contribution is 2.24. The van der Waals surface area contributed by atoms with Gasteiger partial charge in [0, 0.05) is 23.6 Å². The Morgan fingerprint density at radius 3 is 2.67 bits per heavy atom. The zero-order chi connectivity index (χ0) is 13.2. The van der Waals surface area contributed by atoms with Gasteiger partial charge in [-0.2, -0.15) is 13.2 Å². The number of fused-ring (bicyclic) bond motifs is 1. The van der Waals surface area contributed by atoms with E-state index in [1.807, 2.05) is 13.0 Å². The van der Waals surface area contributed by atoms with Crippen molar-refractivity contribution in [2.75, 3.05) is 6.54 Å². The van der Waals surface area contributed by atoms with Crippen LogP contribution in [0.25, 0.3) is 10.9 Å². The Balaban J connectivity index is 2.36. The minimum Gasteiger partial charge on any atom is -0.338 e. The average molecular weight is 256 g/mol. The van der Waals surface area contributed by atoms with Crippen molar-refractivity contribution in [1.29, 1.82) is 0 Å². The molecule has 5 heteroatoms. The third-order valence-electron chi connectivity index (χ3n) is 2.82. The smallest absolute Gasteiger partial charge is 0.338 e. The van der Waals surface area contributed by atoms with Crippen molar-refractivity contribution >= 4 is 10.9 Å². The van der Waals surface area contributed by atoms with E-state index in [1.165, 1.54) is 10.8 Å². The summed E-state index contributed by atoms with van der Waals surface area (Å²) in [4.78, 5) is 0. The molecule has 1 aromatic heterocycles. The lowest BCUT2D eigenvalue weighted by atomic mass is 10.1. The van der Waals surface area contributed by atoms with Crippen molar-refractivity contribution < 1.29 is 13.2 Å². The van der Waals surface area contributed by atoms with Gasteiger partial charge < -0.3 is 9.88 Å². The summed E-state index contributed by atoms with van der Waals surface area (Å²) in [7, 11) is 0. The Kier molecular flexibility index (Phi) is 3.61. The van der Waals surface area contributed by atoms with E-state index in [0.29, 0.717) is 12.1 Å². The summed E-state index contributed by atoms with van der Waals surface area (Å²) < 4.78 is 38.5. The molecule has 1 aromatic carbocycles. The summed E-state index contributed by atoms with van der Waals surface area (Å²) in [5.74, 6) is 0. The monoisotopic (exact) mass is 256 g/mol. The summed E-state index contributed by atoms with van der Waals surface area (Å²) in [6.45, 7) is 2.56. The topological polar surface area (TPSA) is 17.0 Å². The molecule has 1 heterocycles. The number of alkyl halides is 3. The molecule has 0 aliphatic heterocycles. The highest BCUT2D eigenvalue weighted by molar-refractivity contribution is 5.83. The Morgan fingerprint density at radius 2 is 2.00 bits per heavy atom. The Bertz CT molecular complexity index is 529. The number of nitrogens with one attached hydrogen (secondary N) is 1. The van der Waals surface area contributed by atoms with Crippen LogP contribution in [-0.2, 0) is 13.1 Å². The molecule has 1 N–H and O–H groups in total. The number of benzene rings is 1. The first-order chi connectivity index (χ1) is 8.51. The van der Waals surface area contributed by atoms with Crippen molar-refractivity contribution in [3.63, 3.8) is 0 Å². The van der Waals surface area contributed by atoms with Crippen molar-refractivity contribution in [2.45, 2.75) is 26.2 Å². The van der Waals surface area contributed by atoms with Gasteiger partial charge >= 0.3 is 6.18 Å². The third kappa shape index (κ3) is 2.85. The van der Waals surface area contributed by atoms with Gasteiger partial charge in [-0.1, -0.05) is 19.1 Å². The van der Waals surface area contributed by atoms with Gasteiger partial charge in [0.25, 0.3) is 0 Å². The minimum absolute atomic E-state index is 0.628. The van der Waals surface area contributed by atoms with Crippen LogP contribution in [-0.4, -0.2) is 17.3 Å². The molecule has 98 valence electrons. The SMILES string of the molecule is CCNCc1cccc2c1ccn2CC(F)(F)F. The van der Waals surface area contributed by atoms with Gasteiger partial charge in [-0.25, -0.2) is 0 Å². The lowest BCUT2D eigenvalue weighted by Crippen LogP contribution is -2.17. The number of halogens is 3. The van der Waals surface area contributed by atoms with E-state index in [2.05, 4.69) is 5.32 Å². The molecule has 0 saturated carbocycles. The van der Waals surface area contributed by atoms with E-state index in [1.54, 1.807) is 18.2 Å². The normalized spacial score (nSPS) is 12.2. The molecule has 2 aromatic rings. The fraction of sp³-hybridized carbons (Fsp3) is 0.385. The highest BCUT2D eigenvalue weighted by Gasteiger charge is 2.28. The van der Waals surface area contributed by atoms with E-state index in [9.17, 15) is 13.2 Å². The second kappa shape index (κ2) is 5.02. The van der Waals surface area contributed by atoms with Crippen molar-refractivity contribution in [1.82, 2.24) is 9.88 Å². The standard InChI is InChI=1S/C13H15F3N2/c1-2-17-8-10-4-3-5-12-11(10)6-7-18(12)9-13(14,15)16/h3-7,17H,2,8-9H2,1H3. The molecule has 0 fully saturated rings. The van der Waals surface area contributed by atoms with Gasteiger partial charge in [-0.3, -0.25) is 0 Å². The van der Waals surface area contributed by atoms with Crippen LogP contribution in [0.1, 0.15) is 12.5 Å². The van der Waals surface area contributed by atoms with Crippen LogP contribution < -0.4 is 5.32 Å². The highest BCUT2D eigenvalue weighted by atomic mass is 19.4. The molecule has 18 heavy (non-hydrogen) atoms. The Hall–Kier alpha value is -1.49. The minimum atomic E-state index is -4.19. The second-order valence-electron chi connectivity index (χ2n) is 4.19. The van der Waals surface area contributed by atoms with Crippen molar-refractivity contribution in [3.8, 4) is 0 Å². The van der Waals surface area contributed by atoms with Gasteiger partial charge in [0.2, 0.25) is 0 Å². The first-order valence-electron chi connectivity index (χ1n) is 5.85. The lowest BCUT2D eigenvalue weighted by molar-refractivity contribution is -0.139. The summed E-state index contributed by atoms with van der Waals surface area (Å²) in [6, 6.07) is 7.19. The maximum Gasteiger partial charge on any atom is 0.406 e. The number of nitrogens with zero attached hydrogens (tertiary/aromatic N) is 1. The first-order valence-corrected chi connectivity index (χ1v) is 5.85. The number of aromatic nitrogens is 1. The fourth-order valence-electron chi connectivity index (χ4n) is 2.03. The van der Waals surface area contributed by atoms with Crippen LogP contribution in [0.15, 0.2) is 30.5 Å². The zero-order valence-electron chi connectivity index (χ0n) is 10.1. The van der Waals surface area contributed by atoms with Crippen LogP contribution in [0.4, 0.5) is 13.2 Å². The Morgan fingerprint density at radius 1 is 1.22 bits per heavy atom. The van der Waals surface area contributed by atoms with Gasteiger partial charge in [0.15, 0.2) is 0 Å². The summed E-state index contributed by atoms with van der Waals surface area (Å²) in [5.41, 5.74) is 1.65. The van der Waals surface area contributed by atoms with E-state index < -0.39 is 12.7 Å². The molecule has 2 rings (SSSR count). The lowest BCUT2D eigenvalue weighted by Gasteiger charge is -2.10. The van der Waals surface area contributed by atoms with Crippen LogP contribution in [0.2, 0.25) is 0 Å². The second-order valence-corrected chi connectivity index (χ2v) is 4.19. The molecule has 0 saturated heterocycles. The quantitative estimate of drug-likeness (QED) is 0.888. The van der Waals surface area contributed by atoms with E-state index in [4.69, 9.17) is 0 Å². The van der Waals surface area contributed by atoms with Crippen LogP contribution >= 0.6 is 0 Å². The van der Waals surface area contributed by atoms with Gasteiger partial charge in [-0.05, 0) is 24.2 Å². The maximum atomic E-state index is 12.4. The molecular formula is C13H15F3N2. The number of hydrogen-bond acceptors (Lipinski definition) is 1. The third-order valence-corrected chi connectivity index (χ3v) is 2.82. The molecule has 0 unspecified atom stereocenters. The van der Waals surface area contributed by atoms with Crippen LogP contribution in [0.3, 0.4) is 0 Å². The molecule has 0 spiro atoms. The Labute approximate surface area is 103 Å². The molecule has 0 atom stereocenters. The van der Waals surface area contributed by atoms with Gasteiger partial charge in [-0.15, -0.1) is 0 Å². The van der Waals surface area contributed by atoms with E-state index >= 15 is 0 Å². The predicted molar refractivity (Wildman–Crippen MR) is 65.4 cm³/mol. The molecule has 0 bridgehead atoms. The van der Waals surface area contributed by atoms with Gasteiger partial charge in [0.05, 0.1) is 0 Å². The van der Waals surface area contributed by atoms with E-state index in [0.717, 1.165) is 17.5 Å². The van der Waals surface area contributed by atoms with Gasteiger partial charge in [0.1, 0.15) is 6.54 Å². The number of hydrogen-bond donors (Lipinski definition) is 1. The average Bonchev–Trinajstić information content (AvgIpc) is 2.68. The number of rotatable bonds is 4. The summed E-state index contributed by atoms with van der Waals surface area (Å²) in [5, 5.41) is 4.06. The maximum absolute atomic E-state index is 12.4. The van der Waals surface area contributed by atoms with Crippen LogP contribution in [0.5, 0.6) is 0 Å². The van der Waals surface area contributed by atoms with Crippen molar-refractivity contribution in [3.05, 3.63) is 36.0 Å². The largest absolute Gasteiger partial charge is 0.406 e. The van der Waals surface area contributed by atoms with Crippen LogP contribution in [0, 0.1) is 0 Å². The predicted octanol–water partition coefficient (Wildman–Crippen LogP) is 3.31. The molecule has 0 amide bonds. The fourth-order valence-corrected chi connectivity index (χ4v) is 2.03. The molecule has 0 radical (unpaired) electrons. The summed E-state index contributed by atoms with van der Waals surface area (Å²) in [6.07, 6.45) is -2.70. The van der Waals surface area contributed by atoms with E-state index in [-0.39, 0.29) is 0 Å². The molecule has 0 aliphatic rings. The van der Waals surface area contributed by atoms with Crippen molar-refractivity contribution in [2.24, 2.45) is 0 Å². The first kappa shape index (κ1) is 13.0. The zero-order valence-corrected chi connectivity index (χ0v) is 10.1.